The quantitative estimate of drug-likeness (QED) is 0.663. The molecule has 2 aromatic carbocycles. The van der Waals surface area contributed by atoms with Crippen molar-refractivity contribution in [2.24, 2.45) is 0 Å². The number of carbonyl (C=O) groups excluding carboxylic acids is 1. The fraction of sp³-hybridized carbons (Fsp3) is 0.188. The number of aromatic hydroxyl groups is 3. The smallest absolute Gasteiger partial charge is 0.202 e. The monoisotopic (exact) mass is 318 g/mol. The van der Waals surface area contributed by atoms with E-state index in [0.29, 0.717) is 5.56 Å². The molecule has 0 aliphatic carbocycles. The molecule has 1 aliphatic heterocycles. The Bertz CT molecular complexity index is 784. The first kappa shape index (κ1) is 15.0. The van der Waals surface area contributed by atoms with Gasteiger partial charge in [0.25, 0.3) is 0 Å². The van der Waals surface area contributed by atoms with E-state index in [0.717, 1.165) is 6.07 Å². The minimum atomic E-state index is -1.57. The van der Waals surface area contributed by atoms with Gasteiger partial charge in [-0.3, -0.25) is 4.79 Å². The zero-order chi connectivity index (χ0) is 16.7. The number of carbonyl (C=O) groups is 1. The van der Waals surface area contributed by atoms with E-state index in [-0.39, 0.29) is 28.6 Å². The summed E-state index contributed by atoms with van der Waals surface area (Å²) >= 11 is 0. The molecule has 0 amide bonds. The van der Waals surface area contributed by atoms with E-state index in [9.17, 15) is 25.2 Å². The minimum absolute atomic E-state index is 0.0436. The van der Waals surface area contributed by atoms with Gasteiger partial charge in [0.05, 0.1) is 7.11 Å². The van der Waals surface area contributed by atoms with Crippen molar-refractivity contribution in [3.8, 4) is 28.7 Å². The summed E-state index contributed by atoms with van der Waals surface area (Å²) in [5.41, 5.74) is 0.156. The summed E-state index contributed by atoms with van der Waals surface area (Å²) in [6.45, 7) is 0. The Labute approximate surface area is 131 Å². The maximum absolute atomic E-state index is 12.3. The Morgan fingerprint density at radius 3 is 2.52 bits per heavy atom. The van der Waals surface area contributed by atoms with Crippen LogP contribution in [-0.2, 0) is 0 Å². The van der Waals surface area contributed by atoms with E-state index in [1.807, 2.05) is 0 Å². The summed E-state index contributed by atoms with van der Waals surface area (Å²) in [4.78, 5) is 12.3. The second-order valence-electron chi connectivity index (χ2n) is 5.11. The van der Waals surface area contributed by atoms with Crippen molar-refractivity contribution in [1.29, 1.82) is 0 Å². The third-order valence-corrected chi connectivity index (χ3v) is 3.65. The van der Waals surface area contributed by atoms with E-state index in [1.165, 1.54) is 31.4 Å². The number of hydrogen-bond acceptors (Lipinski definition) is 7. The summed E-state index contributed by atoms with van der Waals surface area (Å²) in [6, 6.07) is 6.33. The molecule has 2 atom stereocenters. The molecular formula is C16H14O7. The number of phenols is 3. The summed E-state index contributed by atoms with van der Waals surface area (Å²) < 4.78 is 10.7. The molecule has 0 saturated heterocycles. The molecule has 1 heterocycles. The highest BCUT2D eigenvalue weighted by Crippen LogP contribution is 2.43. The SMILES string of the molecule is COc1cc(O)ccc1C1Oc2cc(O)cc(O)c2C(=O)C1O. The van der Waals surface area contributed by atoms with E-state index in [4.69, 9.17) is 9.47 Å². The van der Waals surface area contributed by atoms with Gasteiger partial charge in [0, 0.05) is 23.8 Å². The Balaban J connectivity index is 2.11. The molecule has 7 nitrogen and oxygen atoms in total. The van der Waals surface area contributed by atoms with Gasteiger partial charge in [-0.05, 0) is 12.1 Å². The lowest BCUT2D eigenvalue weighted by atomic mass is 9.92. The van der Waals surface area contributed by atoms with Gasteiger partial charge in [-0.25, -0.2) is 0 Å². The lowest BCUT2D eigenvalue weighted by molar-refractivity contribution is 0.0203. The van der Waals surface area contributed by atoms with Gasteiger partial charge < -0.3 is 29.9 Å². The average molecular weight is 318 g/mol. The molecule has 4 N–H and O–H groups in total. The first-order chi connectivity index (χ1) is 10.9. The normalized spacial score (nSPS) is 19.8. The van der Waals surface area contributed by atoms with Gasteiger partial charge >= 0.3 is 0 Å². The molecule has 1 aliphatic rings. The molecular weight excluding hydrogens is 304 g/mol. The number of ether oxygens (including phenoxy) is 2. The van der Waals surface area contributed by atoms with Crippen molar-refractivity contribution in [2.45, 2.75) is 12.2 Å². The highest BCUT2D eigenvalue weighted by Gasteiger charge is 2.40. The molecule has 3 rings (SSSR count). The zero-order valence-electron chi connectivity index (χ0n) is 12.1. The third-order valence-electron chi connectivity index (χ3n) is 3.65. The fourth-order valence-corrected chi connectivity index (χ4v) is 2.58. The van der Waals surface area contributed by atoms with Gasteiger partial charge in [0.2, 0.25) is 5.78 Å². The number of ketones is 1. The van der Waals surface area contributed by atoms with Crippen LogP contribution in [0.15, 0.2) is 30.3 Å². The van der Waals surface area contributed by atoms with Crippen molar-refractivity contribution >= 4 is 5.78 Å². The fourth-order valence-electron chi connectivity index (χ4n) is 2.58. The van der Waals surface area contributed by atoms with Crippen LogP contribution in [0.1, 0.15) is 22.0 Å². The Hall–Kier alpha value is -2.93. The van der Waals surface area contributed by atoms with Crippen molar-refractivity contribution in [3.63, 3.8) is 0 Å². The number of rotatable bonds is 2. The number of phenolic OH excluding ortho intramolecular Hbond substituents is 3. The predicted octanol–water partition coefficient (Wildman–Crippen LogP) is 1.49. The molecule has 120 valence electrons. The lowest BCUT2D eigenvalue weighted by Gasteiger charge is -2.30. The topological polar surface area (TPSA) is 116 Å². The predicted molar refractivity (Wildman–Crippen MR) is 78.1 cm³/mol. The third kappa shape index (κ3) is 2.40. The van der Waals surface area contributed by atoms with Crippen LogP contribution >= 0.6 is 0 Å². The van der Waals surface area contributed by atoms with Gasteiger partial charge in [0.15, 0.2) is 12.2 Å². The standard InChI is InChI=1S/C16H14O7/c1-22-11-5-7(17)2-3-9(11)16-15(21)14(20)13-10(19)4-8(18)6-12(13)23-16/h2-6,15-19,21H,1H3. The molecule has 2 unspecified atom stereocenters. The summed E-state index contributed by atoms with van der Waals surface area (Å²) in [5.74, 6) is -1.34. The Morgan fingerprint density at radius 2 is 1.83 bits per heavy atom. The zero-order valence-corrected chi connectivity index (χ0v) is 12.1. The number of hydrogen-bond donors (Lipinski definition) is 4. The molecule has 2 aromatic rings. The minimum Gasteiger partial charge on any atom is -0.508 e. The van der Waals surface area contributed by atoms with Crippen molar-refractivity contribution in [2.75, 3.05) is 7.11 Å². The molecule has 0 aromatic heterocycles. The number of fused-ring (bicyclic) bond motifs is 1. The van der Waals surface area contributed by atoms with Crippen LogP contribution in [0.25, 0.3) is 0 Å². The number of methoxy groups -OCH3 is 1. The van der Waals surface area contributed by atoms with E-state index in [1.54, 1.807) is 0 Å². The molecule has 0 radical (unpaired) electrons. The van der Waals surface area contributed by atoms with Crippen molar-refractivity contribution in [3.05, 3.63) is 41.5 Å². The van der Waals surface area contributed by atoms with Crippen LogP contribution in [-0.4, -0.2) is 39.4 Å². The van der Waals surface area contributed by atoms with Gasteiger partial charge in [-0.2, -0.15) is 0 Å². The number of aliphatic hydroxyl groups excluding tert-OH is 1. The van der Waals surface area contributed by atoms with E-state index in [2.05, 4.69) is 0 Å². The number of Topliss-reactive ketones (excluding diaryl/α,β-unsaturated/α-hetero) is 1. The van der Waals surface area contributed by atoms with Crippen molar-refractivity contribution < 1.29 is 34.7 Å². The van der Waals surface area contributed by atoms with Crippen LogP contribution in [0.4, 0.5) is 0 Å². The highest BCUT2D eigenvalue weighted by atomic mass is 16.5. The molecule has 0 bridgehead atoms. The Kier molecular flexibility index (Phi) is 3.49. The van der Waals surface area contributed by atoms with Gasteiger partial charge in [0.1, 0.15) is 34.3 Å². The molecule has 0 spiro atoms. The molecule has 23 heavy (non-hydrogen) atoms. The number of benzene rings is 2. The van der Waals surface area contributed by atoms with Crippen LogP contribution in [0.2, 0.25) is 0 Å². The van der Waals surface area contributed by atoms with Crippen LogP contribution in [0.5, 0.6) is 28.7 Å². The van der Waals surface area contributed by atoms with Crippen molar-refractivity contribution in [1.82, 2.24) is 0 Å². The second-order valence-corrected chi connectivity index (χ2v) is 5.11. The number of aliphatic hydroxyl groups is 1. The maximum Gasteiger partial charge on any atom is 0.202 e. The summed E-state index contributed by atoms with van der Waals surface area (Å²) in [7, 11) is 1.38. The molecule has 0 saturated carbocycles. The maximum atomic E-state index is 12.3. The van der Waals surface area contributed by atoms with E-state index >= 15 is 0 Å². The lowest BCUT2D eigenvalue weighted by Crippen LogP contribution is -2.36. The largest absolute Gasteiger partial charge is 0.508 e. The summed E-state index contributed by atoms with van der Waals surface area (Å²) in [5, 5.41) is 39.1. The van der Waals surface area contributed by atoms with E-state index < -0.39 is 23.7 Å². The van der Waals surface area contributed by atoms with Crippen LogP contribution in [0, 0.1) is 0 Å². The van der Waals surface area contributed by atoms with Crippen LogP contribution in [0.3, 0.4) is 0 Å². The molecule has 7 heteroatoms. The average Bonchev–Trinajstić information content (AvgIpc) is 2.50. The van der Waals surface area contributed by atoms with Gasteiger partial charge in [-0.1, -0.05) is 0 Å². The highest BCUT2D eigenvalue weighted by molar-refractivity contribution is 6.05. The Morgan fingerprint density at radius 1 is 1.09 bits per heavy atom. The first-order valence-corrected chi connectivity index (χ1v) is 6.74. The molecule has 0 fully saturated rings. The first-order valence-electron chi connectivity index (χ1n) is 6.74. The summed E-state index contributed by atoms with van der Waals surface area (Å²) in [6.07, 6.45) is -2.68. The second kappa shape index (κ2) is 5.36. The van der Waals surface area contributed by atoms with Gasteiger partial charge in [-0.15, -0.1) is 0 Å². The van der Waals surface area contributed by atoms with Crippen LogP contribution < -0.4 is 9.47 Å².